The molecule has 0 atom stereocenters. The standard InChI is InChI=1S/C13H13F6N3O/c1-11(2,3)8-5-22-9(20-8)4-7(13(17,18)19)21-10(22)23-6-12(14,15)16/h4-5H,6H2,1-3H3. The molecule has 2 rings (SSSR count). The van der Waals surface area contributed by atoms with Crippen LogP contribution in [0.2, 0.25) is 0 Å². The van der Waals surface area contributed by atoms with Crippen LogP contribution < -0.4 is 4.74 Å². The van der Waals surface area contributed by atoms with Crippen LogP contribution in [0, 0.1) is 0 Å². The second kappa shape index (κ2) is 5.27. The molecular formula is C13H13F6N3O. The first-order valence-corrected chi connectivity index (χ1v) is 6.45. The zero-order chi connectivity index (χ0) is 17.6. The lowest BCUT2D eigenvalue weighted by Crippen LogP contribution is -2.21. The van der Waals surface area contributed by atoms with Gasteiger partial charge in [-0.3, -0.25) is 4.40 Å². The number of hydrogen-bond donors (Lipinski definition) is 0. The van der Waals surface area contributed by atoms with E-state index in [1.54, 1.807) is 20.8 Å². The van der Waals surface area contributed by atoms with Crippen molar-refractivity contribution < 1.29 is 31.1 Å². The summed E-state index contributed by atoms with van der Waals surface area (Å²) in [5.41, 5.74) is -1.66. The van der Waals surface area contributed by atoms with Gasteiger partial charge in [-0.05, 0) is 0 Å². The van der Waals surface area contributed by atoms with Gasteiger partial charge < -0.3 is 4.74 Å². The van der Waals surface area contributed by atoms with Crippen molar-refractivity contribution in [3.63, 3.8) is 0 Å². The maximum atomic E-state index is 12.8. The van der Waals surface area contributed by atoms with Crippen LogP contribution in [0.4, 0.5) is 26.3 Å². The number of aromatic nitrogens is 3. The summed E-state index contributed by atoms with van der Waals surface area (Å²) in [6, 6.07) is -0.148. The number of hydrogen-bond acceptors (Lipinski definition) is 3. The Labute approximate surface area is 127 Å². The average Bonchev–Trinajstić information content (AvgIpc) is 2.77. The van der Waals surface area contributed by atoms with E-state index < -0.39 is 36.1 Å². The van der Waals surface area contributed by atoms with Gasteiger partial charge >= 0.3 is 18.4 Å². The summed E-state index contributed by atoms with van der Waals surface area (Å²) in [7, 11) is 0. The Morgan fingerprint density at radius 2 is 1.61 bits per heavy atom. The second-order valence-electron chi connectivity index (χ2n) is 5.93. The van der Waals surface area contributed by atoms with Crippen LogP contribution in [0.15, 0.2) is 12.3 Å². The number of halogens is 6. The zero-order valence-corrected chi connectivity index (χ0v) is 12.4. The highest BCUT2D eigenvalue weighted by Crippen LogP contribution is 2.32. The van der Waals surface area contributed by atoms with E-state index in [1.165, 1.54) is 6.20 Å². The molecule has 0 aliphatic rings. The van der Waals surface area contributed by atoms with Gasteiger partial charge in [0.15, 0.2) is 12.3 Å². The van der Waals surface area contributed by atoms with Gasteiger partial charge in [-0.2, -0.15) is 31.3 Å². The SMILES string of the molecule is CC(C)(C)c1cn2c(OCC(F)(F)F)nc(C(F)(F)F)cc2n1. The summed E-state index contributed by atoms with van der Waals surface area (Å²) in [6.07, 6.45) is -8.21. The highest BCUT2D eigenvalue weighted by Gasteiger charge is 2.35. The van der Waals surface area contributed by atoms with E-state index in [4.69, 9.17) is 0 Å². The van der Waals surface area contributed by atoms with Gasteiger partial charge in [-0.25, -0.2) is 4.98 Å². The molecule has 0 amide bonds. The fraction of sp³-hybridized carbons (Fsp3) is 0.538. The Balaban J connectivity index is 2.58. The Morgan fingerprint density at radius 1 is 1.00 bits per heavy atom. The number of rotatable bonds is 2. The summed E-state index contributed by atoms with van der Waals surface area (Å²) < 4.78 is 80.7. The van der Waals surface area contributed by atoms with E-state index in [0.717, 1.165) is 4.40 Å². The maximum Gasteiger partial charge on any atom is 0.433 e. The number of nitrogens with zero attached hydrogens (tertiary/aromatic N) is 3. The third-order valence-corrected chi connectivity index (χ3v) is 2.84. The summed E-state index contributed by atoms with van der Waals surface area (Å²) in [4.78, 5) is 7.17. The minimum Gasteiger partial charge on any atom is -0.455 e. The highest BCUT2D eigenvalue weighted by atomic mass is 19.4. The normalized spacial score (nSPS) is 13.6. The van der Waals surface area contributed by atoms with Crippen molar-refractivity contribution in [3.8, 4) is 6.01 Å². The molecule has 0 unspecified atom stereocenters. The van der Waals surface area contributed by atoms with Crippen molar-refractivity contribution in [1.82, 2.24) is 14.4 Å². The molecule has 2 heterocycles. The van der Waals surface area contributed by atoms with Gasteiger partial charge in [0.05, 0.1) is 5.69 Å². The van der Waals surface area contributed by atoms with Crippen LogP contribution in [-0.2, 0) is 11.6 Å². The van der Waals surface area contributed by atoms with Crippen LogP contribution in [0.25, 0.3) is 5.65 Å². The molecule has 23 heavy (non-hydrogen) atoms. The summed E-state index contributed by atoms with van der Waals surface area (Å²) in [6.45, 7) is 3.55. The van der Waals surface area contributed by atoms with E-state index >= 15 is 0 Å². The van der Waals surface area contributed by atoms with Gasteiger partial charge in [0.1, 0.15) is 5.65 Å². The van der Waals surface area contributed by atoms with Crippen molar-refractivity contribution in [2.45, 2.75) is 38.5 Å². The van der Waals surface area contributed by atoms with Gasteiger partial charge in [-0.15, -0.1) is 0 Å². The molecule has 4 nitrogen and oxygen atoms in total. The average molecular weight is 341 g/mol. The van der Waals surface area contributed by atoms with Crippen LogP contribution in [0.3, 0.4) is 0 Å². The largest absolute Gasteiger partial charge is 0.455 e. The van der Waals surface area contributed by atoms with E-state index in [2.05, 4.69) is 14.7 Å². The maximum absolute atomic E-state index is 12.8. The van der Waals surface area contributed by atoms with Crippen molar-refractivity contribution >= 4 is 5.65 Å². The van der Waals surface area contributed by atoms with E-state index in [1.807, 2.05) is 0 Å². The van der Waals surface area contributed by atoms with Crippen molar-refractivity contribution in [2.75, 3.05) is 6.61 Å². The quantitative estimate of drug-likeness (QED) is 0.776. The summed E-state index contributed by atoms with van der Waals surface area (Å²) in [5, 5.41) is 0. The van der Waals surface area contributed by atoms with Crippen molar-refractivity contribution in [2.24, 2.45) is 0 Å². The fourth-order valence-electron chi connectivity index (χ4n) is 1.72. The highest BCUT2D eigenvalue weighted by molar-refractivity contribution is 5.45. The Hall–Kier alpha value is -2.00. The van der Waals surface area contributed by atoms with E-state index in [0.29, 0.717) is 11.8 Å². The number of ether oxygens (including phenoxy) is 1. The lowest BCUT2D eigenvalue weighted by molar-refractivity contribution is -0.155. The lowest BCUT2D eigenvalue weighted by Gasteiger charge is -2.13. The van der Waals surface area contributed by atoms with Crippen molar-refractivity contribution in [3.05, 3.63) is 23.7 Å². The Morgan fingerprint density at radius 3 is 2.09 bits per heavy atom. The molecule has 0 aromatic carbocycles. The third kappa shape index (κ3) is 4.05. The first-order chi connectivity index (χ1) is 10.3. The van der Waals surface area contributed by atoms with Crippen LogP contribution in [0.5, 0.6) is 6.01 Å². The van der Waals surface area contributed by atoms with Crippen LogP contribution in [0.1, 0.15) is 32.2 Å². The predicted octanol–water partition coefficient (Wildman–Crippen LogP) is 3.99. The smallest absolute Gasteiger partial charge is 0.433 e. The molecule has 0 bridgehead atoms. The first kappa shape index (κ1) is 17.4. The molecule has 0 aliphatic carbocycles. The zero-order valence-electron chi connectivity index (χ0n) is 12.4. The number of fused-ring (bicyclic) bond motifs is 1. The minimum absolute atomic E-state index is 0.186. The van der Waals surface area contributed by atoms with E-state index in [-0.39, 0.29) is 5.65 Å². The summed E-state index contributed by atoms with van der Waals surface area (Å²) in [5.74, 6) is 0. The molecule has 2 aromatic rings. The van der Waals surface area contributed by atoms with Crippen molar-refractivity contribution in [1.29, 1.82) is 0 Å². The second-order valence-corrected chi connectivity index (χ2v) is 5.93. The molecule has 128 valence electrons. The molecule has 0 saturated carbocycles. The molecule has 0 fully saturated rings. The number of imidazole rings is 1. The predicted molar refractivity (Wildman–Crippen MR) is 68.2 cm³/mol. The number of alkyl halides is 6. The molecular weight excluding hydrogens is 328 g/mol. The van der Waals surface area contributed by atoms with Gasteiger partial charge in [0.25, 0.3) is 0 Å². The fourth-order valence-corrected chi connectivity index (χ4v) is 1.72. The first-order valence-electron chi connectivity index (χ1n) is 6.45. The molecule has 2 aromatic heterocycles. The molecule has 0 saturated heterocycles. The van der Waals surface area contributed by atoms with Gasteiger partial charge in [0, 0.05) is 17.7 Å². The van der Waals surface area contributed by atoms with E-state index in [9.17, 15) is 26.3 Å². The summed E-state index contributed by atoms with van der Waals surface area (Å²) >= 11 is 0. The monoisotopic (exact) mass is 341 g/mol. The Kier molecular flexibility index (Phi) is 3.98. The topological polar surface area (TPSA) is 39.4 Å². The van der Waals surface area contributed by atoms with Crippen LogP contribution in [-0.4, -0.2) is 27.2 Å². The molecule has 0 aliphatic heterocycles. The molecule has 0 radical (unpaired) electrons. The molecule has 10 heteroatoms. The van der Waals surface area contributed by atoms with Gasteiger partial charge in [-0.1, -0.05) is 20.8 Å². The van der Waals surface area contributed by atoms with Crippen LogP contribution >= 0.6 is 0 Å². The third-order valence-electron chi connectivity index (χ3n) is 2.84. The Bertz CT molecular complexity index is 711. The molecule has 0 spiro atoms. The minimum atomic E-state index is -4.83. The van der Waals surface area contributed by atoms with Gasteiger partial charge in [0.2, 0.25) is 0 Å². The lowest BCUT2D eigenvalue weighted by atomic mass is 9.93. The molecule has 0 N–H and O–H groups in total.